The highest BCUT2D eigenvalue weighted by molar-refractivity contribution is 7.91. The van der Waals surface area contributed by atoms with E-state index in [1.807, 2.05) is 24.3 Å². The van der Waals surface area contributed by atoms with Crippen LogP contribution in [0.25, 0.3) is 10.8 Å². The van der Waals surface area contributed by atoms with Crippen LogP contribution in [0.15, 0.2) is 70.2 Å². The van der Waals surface area contributed by atoms with Gasteiger partial charge in [-0.25, -0.2) is 13.2 Å². The summed E-state index contributed by atoms with van der Waals surface area (Å²) in [6, 6.07) is 15.5. The molecule has 0 spiro atoms. The number of sulfone groups is 1. The van der Waals surface area contributed by atoms with E-state index < -0.39 is 15.8 Å². The maximum absolute atomic E-state index is 12.3. The van der Waals surface area contributed by atoms with Gasteiger partial charge in [-0.3, -0.25) is 0 Å². The van der Waals surface area contributed by atoms with Gasteiger partial charge in [0.1, 0.15) is 5.75 Å². The average molecular weight is 354 g/mol. The van der Waals surface area contributed by atoms with Gasteiger partial charge in [-0.05, 0) is 35.0 Å². The molecule has 0 atom stereocenters. The summed E-state index contributed by atoms with van der Waals surface area (Å²) in [7, 11) is -3.53. The highest BCUT2D eigenvalue weighted by atomic mass is 32.2. The zero-order valence-corrected chi connectivity index (χ0v) is 14.0. The fourth-order valence-electron chi connectivity index (χ4n) is 2.21. The van der Waals surface area contributed by atoms with Crippen molar-refractivity contribution in [1.82, 2.24) is 0 Å². The molecule has 3 rings (SSSR count). The smallest absolute Gasteiger partial charge is 0.375 e. The van der Waals surface area contributed by atoms with Gasteiger partial charge < -0.3 is 9.15 Å². The van der Waals surface area contributed by atoms with Crippen LogP contribution >= 0.6 is 0 Å². The lowest BCUT2D eigenvalue weighted by molar-refractivity contribution is 0.0520. The molecule has 0 saturated heterocycles. The van der Waals surface area contributed by atoms with Crippen LogP contribution in [0.3, 0.4) is 0 Å². The molecular weight excluding hydrogens is 340 g/mol. The number of hydrogen-bond donors (Lipinski definition) is 0. The summed E-state index contributed by atoms with van der Waals surface area (Å²) >= 11 is 0. The molecule has 0 aliphatic heterocycles. The van der Waals surface area contributed by atoms with Gasteiger partial charge in [0.15, 0.2) is 16.4 Å². The Labute approximate surface area is 145 Å². The number of hydrogen-bond acceptors (Lipinski definition) is 5. The van der Waals surface area contributed by atoms with Gasteiger partial charge in [0.25, 0.3) is 0 Å². The third kappa shape index (κ3) is 4.08. The average Bonchev–Trinajstić information content (AvgIpc) is 3.15. The summed E-state index contributed by atoms with van der Waals surface area (Å²) in [6.45, 7) is -0.202. The van der Waals surface area contributed by atoms with Gasteiger partial charge in [0, 0.05) is 0 Å². The van der Waals surface area contributed by atoms with E-state index in [4.69, 9.17) is 9.15 Å². The number of carbonyl (C=O) groups is 1. The molecule has 3 aromatic rings. The van der Waals surface area contributed by atoms with Crippen LogP contribution in [0.2, 0.25) is 0 Å². The van der Waals surface area contributed by atoms with Crippen LogP contribution in [0, 0.1) is 11.8 Å². The van der Waals surface area contributed by atoms with Crippen molar-refractivity contribution in [3.8, 4) is 11.8 Å². The van der Waals surface area contributed by atoms with Gasteiger partial charge in [-0.2, -0.15) is 0 Å². The van der Waals surface area contributed by atoms with Crippen molar-refractivity contribution in [3.63, 3.8) is 0 Å². The predicted molar refractivity (Wildman–Crippen MR) is 92.8 cm³/mol. The van der Waals surface area contributed by atoms with Gasteiger partial charge in [0.2, 0.25) is 5.76 Å². The fourth-order valence-corrected chi connectivity index (χ4v) is 3.25. The van der Waals surface area contributed by atoms with Crippen LogP contribution in [-0.4, -0.2) is 26.7 Å². The first kappa shape index (κ1) is 16.8. The Morgan fingerprint density at radius 2 is 1.80 bits per heavy atom. The maximum Gasteiger partial charge on any atom is 0.375 e. The van der Waals surface area contributed by atoms with Gasteiger partial charge in [-0.15, -0.1) is 0 Å². The number of carbonyl (C=O) groups excluding carboxylic acids is 1. The van der Waals surface area contributed by atoms with Crippen molar-refractivity contribution in [2.24, 2.45) is 0 Å². The maximum atomic E-state index is 12.3. The summed E-state index contributed by atoms with van der Waals surface area (Å²) in [5.74, 6) is 4.14. The standard InChI is InChI=1S/C19H14O5S/c20-19(18-8-5-12-23-18)24-11-3-4-13-25(21,22)17-10-9-15-6-1-2-7-16(15)14-17/h1-2,5-10,12,14H,11,13H2. The van der Waals surface area contributed by atoms with E-state index >= 15 is 0 Å². The second-order valence-corrected chi connectivity index (χ2v) is 7.16. The topological polar surface area (TPSA) is 73.6 Å². The number of rotatable bonds is 4. The van der Waals surface area contributed by atoms with E-state index in [-0.39, 0.29) is 23.0 Å². The summed E-state index contributed by atoms with van der Waals surface area (Å²) < 4.78 is 34.4. The highest BCUT2D eigenvalue weighted by Crippen LogP contribution is 2.19. The molecule has 6 heteroatoms. The Morgan fingerprint density at radius 3 is 2.56 bits per heavy atom. The van der Waals surface area contributed by atoms with E-state index in [0.29, 0.717) is 0 Å². The third-order valence-electron chi connectivity index (χ3n) is 3.47. The molecule has 2 aromatic carbocycles. The Kier molecular flexibility index (Phi) is 4.87. The SMILES string of the molecule is O=C(OCC#CCS(=O)(=O)c1ccc2ccccc2c1)c1ccco1. The monoisotopic (exact) mass is 354 g/mol. The van der Waals surface area contributed by atoms with Crippen molar-refractivity contribution < 1.29 is 22.4 Å². The van der Waals surface area contributed by atoms with E-state index in [9.17, 15) is 13.2 Å². The van der Waals surface area contributed by atoms with Crippen LogP contribution in [0.4, 0.5) is 0 Å². The molecule has 0 amide bonds. The van der Waals surface area contributed by atoms with E-state index in [0.717, 1.165) is 10.8 Å². The Morgan fingerprint density at radius 1 is 1.00 bits per heavy atom. The number of furan rings is 1. The van der Waals surface area contributed by atoms with Crippen molar-refractivity contribution in [3.05, 3.63) is 66.6 Å². The molecule has 0 aliphatic rings. The van der Waals surface area contributed by atoms with Crippen molar-refractivity contribution in [1.29, 1.82) is 0 Å². The lowest BCUT2D eigenvalue weighted by Crippen LogP contribution is -2.06. The molecule has 5 nitrogen and oxygen atoms in total. The van der Waals surface area contributed by atoms with Gasteiger partial charge in [-0.1, -0.05) is 42.2 Å². The third-order valence-corrected chi connectivity index (χ3v) is 4.96. The highest BCUT2D eigenvalue weighted by Gasteiger charge is 2.13. The lowest BCUT2D eigenvalue weighted by Gasteiger charge is -2.03. The molecule has 1 aromatic heterocycles. The van der Waals surface area contributed by atoms with Crippen LogP contribution in [0.1, 0.15) is 10.6 Å². The zero-order chi connectivity index (χ0) is 17.7. The van der Waals surface area contributed by atoms with Crippen LogP contribution < -0.4 is 0 Å². The Hall–Kier alpha value is -3.04. The normalized spacial score (nSPS) is 10.9. The minimum absolute atomic E-state index is 0.0746. The first-order valence-electron chi connectivity index (χ1n) is 7.44. The number of ether oxygens (including phenoxy) is 1. The lowest BCUT2D eigenvalue weighted by atomic mass is 10.1. The first-order valence-corrected chi connectivity index (χ1v) is 9.09. The molecule has 0 radical (unpaired) electrons. The molecule has 25 heavy (non-hydrogen) atoms. The molecule has 126 valence electrons. The summed E-state index contributed by atoms with van der Waals surface area (Å²) in [5.41, 5.74) is 0. The molecule has 0 saturated carbocycles. The Balaban J connectivity index is 1.62. The Bertz CT molecular complexity index is 1050. The summed E-state index contributed by atoms with van der Waals surface area (Å²) in [6.07, 6.45) is 1.36. The summed E-state index contributed by atoms with van der Waals surface area (Å²) in [4.78, 5) is 11.7. The first-order chi connectivity index (χ1) is 12.1. The van der Waals surface area contributed by atoms with Crippen molar-refractivity contribution in [2.75, 3.05) is 12.4 Å². The van der Waals surface area contributed by atoms with E-state index in [2.05, 4.69) is 11.8 Å². The van der Waals surface area contributed by atoms with Crippen molar-refractivity contribution >= 4 is 26.6 Å². The summed E-state index contributed by atoms with van der Waals surface area (Å²) in [5, 5.41) is 1.82. The molecule has 0 fully saturated rings. The zero-order valence-electron chi connectivity index (χ0n) is 13.1. The van der Waals surface area contributed by atoms with Crippen LogP contribution in [0.5, 0.6) is 0 Å². The number of esters is 1. The quantitative estimate of drug-likeness (QED) is 0.532. The number of benzene rings is 2. The van der Waals surface area contributed by atoms with Gasteiger partial charge in [0.05, 0.1) is 11.2 Å². The van der Waals surface area contributed by atoms with Crippen molar-refractivity contribution in [2.45, 2.75) is 4.90 Å². The fraction of sp³-hybridized carbons (Fsp3) is 0.105. The van der Waals surface area contributed by atoms with Crippen LogP contribution in [-0.2, 0) is 14.6 Å². The molecule has 0 unspecified atom stereocenters. The molecule has 0 bridgehead atoms. The predicted octanol–water partition coefficient (Wildman–Crippen LogP) is 3.07. The molecule has 1 heterocycles. The van der Waals surface area contributed by atoms with E-state index in [1.54, 1.807) is 24.3 Å². The molecule has 0 aliphatic carbocycles. The minimum Gasteiger partial charge on any atom is -0.457 e. The molecule has 0 N–H and O–H groups in total. The van der Waals surface area contributed by atoms with E-state index in [1.165, 1.54) is 12.3 Å². The number of fused-ring (bicyclic) bond motifs is 1. The second-order valence-electron chi connectivity index (χ2n) is 5.18. The second kappa shape index (κ2) is 7.24. The largest absolute Gasteiger partial charge is 0.457 e. The minimum atomic E-state index is -3.53. The van der Waals surface area contributed by atoms with Gasteiger partial charge >= 0.3 is 5.97 Å². The molecular formula is C19H14O5S.